The summed E-state index contributed by atoms with van der Waals surface area (Å²) in [5.74, 6) is -0.500. The van der Waals surface area contributed by atoms with Crippen LogP contribution in [0.2, 0.25) is 0 Å². The minimum absolute atomic E-state index is 0.00207. The lowest BCUT2D eigenvalue weighted by Crippen LogP contribution is -2.25. The number of carbonyl (C=O) groups excluding carboxylic acids is 3. The molecule has 0 spiro atoms. The summed E-state index contributed by atoms with van der Waals surface area (Å²) in [7, 11) is 0. The van der Waals surface area contributed by atoms with E-state index in [0.717, 1.165) is 44.4 Å². The summed E-state index contributed by atoms with van der Waals surface area (Å²) in [5.41, 5.74) is 0. The molecule has 8 heteroatoms. The molecule has 1 rings (SSSR count). The van der Waals surface area contributed by atoms with Gasteiger partial charge in [0.15, 0.2) is 0 Å². The summed E-state index contributed by atoms with van der Waals surface area (Å²) in [6.45, 7) is 6.32. The lowest BCUT2D eigenvalue weighted by Gasteiger charge is -2.17. The van der Waals surface area contributed by atoms with Crippen molar-refractivity contribution < 1.29 is 39.2 Å². The first-order valence-corrected chi connectivity index (χ1v) is 19.4. The Hall–Kier alpha value is -2.03. The molecule has 1 saturated carbocycles. The molecule has 6 atom stereocenters. The number of hydrogen-bond acceptors (Lipinski definition) is 8. The molecule has 0 saturated heterocycles. The lowest BCUT2D eigenvalue weighted by molar-refractivity contribution is -0.152. The third-order valence-corrected chi connectivity index (χ3v) is 9.61. The summed E-state index contributed by atoms with van der Waals surface area (Å²) in [4.78, 5) is 36.4. The van der Waals surface area contributed by atoms with Gasteiger partial charge in [-0.3, -0.25) is 14.4 Å². The Morgan fingerprint density at radius 2 is 1.35 bits per heavy atom. The van der Waals surface area contributed by atoms with Crippen molar-refractivity contribution in [3.63, 3.8) is 0 Å². The SMILES string of the molecule is CCCCC[C@H](O)/C=C/[C@H]1C(=O)C[C@H](O)[C@@H]1C/C=C\CCCC(=O)OC[C@H](O)COC(=O)CCCCCCCCCCCCC(C)CC. The highest BCUT2D eigenvalue weighted by Crippen LogP contribution is 2.33. The van der Waals surface area contributed by atoms with E-state index in [4.69, 9.17) is 9.47 Å². The zero-order chi connectivity index (χ0) is 35.4. The Labute approximate surface area is 292 Å². The van der Waals surface area contributed by atoms with E-state index in [1.165, 1.54) is 57.8 Å². The molecule has 3 N–H and O–H groups in total. The summed E-state index contributed by atoms with van der Waals surface area (Å²) in [6.07, 6.45) is 25.9. The molecule has 0 heterocycles. The minimum atomic E-state index is -1.05. The van der Waals surface area contributed by atoms with Crippen LogP contribution < -0.4 is 0 Å². The maximum Gasteiger partial charge on any atom is 0.305 e. The van der Waals surface area contributed by atoms with Crippen LogP contribution in [0.15, 0.2) is 24.3 Å². The first-order valence-electron chi connectivity index (χ1n) is 19.4. The third kappa shape index (κ3) is 22.6. The zero-order valence-electron chi connectivity index (χ0n) is 30.6. The van der Waals surface area contributed by atoms with E-state index < -0.39 is 30.2 Å². The van der Waals surface area contributed by atoms with Crippen LogP contribution in [0.4, 0.5) is 0 Å². The maximum absolute atomic E-state index is 12.4. The highest BCUT2D eigenvalue weighted by Gasteiger charge is 2.39. The molecule has 0 bridgehead atoms. The first-order chi connectivity index (χ1) is 23.2. The number of unbranched alkanes of at least 4 members (excludes halogenated alkanes) is 12. The van der Waals surface area contributed by atoms with Crippen molar-refractivity contribution in [2.75, 3.05) is 13.2 Å². The van der Waals surface area contributed by atoms with Crippen LogP contribution in [0.25, 0.3) is 0 Å². The van der Waals surface area contributed by atoms with Gasteiger partial charge in [0.2, 0.25) is 0 Å². The smallest absolute Gasteiger partial charge is 0.305 e. The average Bonchev–Trinajstić information content (AvgIpc) is 3.34. The van der Waals surface area contributed by atoms with Gasteiger partial charge in [-0.15, -0.1) is 0 Å². The molecular weight excluding hydrogens is 608 g/mol. The highest BCUT2D eigenvalue weighted by atomic mass is 16.6. The molecule has 1 unspecified atom stereocenters. The molecular formula is C40H70O8. The van der Waals surface area contributed by atoms with Crippen LogP contribution in [0.3, 0.4) is 0 Å². The summed E-state index contributed by atoms with van der Waals surface area (Å²) in [5, 5.41) is 30.6. The number of aliphatic hydroxyl groups excluding tert-OH is 3. The number of ketones is 1. The number of ether oxygens (including phenoxy) is 2. The fourth-order valence-electron chi connectivity index (χ4n) is 6.16. The molecule has 0 aliphatic heterocycles. The van der Waals surface area contributed by atoms with Crippen molar-refractivity contribution in [3.05, 3.63) is 24.3 Å². The fourth-order valence-corrected chi connectivity index (χ4v) is 6.16. The van der Waals surface area contributed by atoms with Gasteiger partial charge >= 0.3 is 11.9 Å². The number of rotatable bonds is 30. The van der Waals surface area contributed by atoms with E-state index >= 15 is 0 Å². The van der Waals surface area contributed by atoms with E-state index in [0.29, 0.717) is 32.1 Å². The second-order valence-corrected chi connectivity index (χ2v) is 14.1. The molecule has 0 radical (unpaired) electrons. The summed E-state index contributed by atoms with van der Waals surface area (Å²) in [6, 6.07) is 0. The molecule has 1 aliphatic rings. The fraction of sp³-hybridized carbons (Fsp3) is 0.825. The summed E-state index contributed by atoms with van der Waals surface area (Å²) < 4.78 is 10.3. The molecule has 0 aromatic heterocycles. The van der Waals surface area contributed by atoms with Crippen molar-refractivity contribution in [1.29, 1.82) is 0 Å². The largest absolute Gasteiger partial charge is 0.463 e. The van der Waals surface area contributed by atoms with Crippen LogP contribution in [0.5, 0.6) is 0 Å². The topological polar surface area (TPSA) is 130 Å². The van der Waals surface area contributed by atoms with Crippen molar-refractivity contribution in [2.45, 2.75) is 180 Å². The van der Waals surface area contributed by atoms with E-state index in [1.807, 2.05) is 12.2 Å². The van der Waals surface area contributed by atoms with Crippen LogP contribution in [0.1, 0.15) is 162 Å². The molecule has 8 nitrogen and oxygen atoms in total. The number of aliphatic hydroxyl groups is 3. The normalized spacial score (nSPS) is 20.0. The zero-order valence-corrected chi connectivity index (χ0v) is 30.6. The second kappa shape index (κ2) is 28.8. The van der Waals surface area contributed by atoms with Gasteiger partial charge in [-0.25, -0.2) is 0 Å². The van der Waals surface area contributed by atoms with Crippen molar-refractivity contribution in [2.24, 2.45) is 17.8 Å². The van der Waals surface area contributed by atoms with Crippen molar-refractivity contribution in [1.82, 2.24) is 0 Å². The van der Waals surface area contributed by atoms with E-state index in [1.54, 1.807) is 12.2 Å². The minimum Gasteiger partial charge on any atom is -0.463 e. The van der Waals surface area contributed by atoms with Gasteiger partial charge in [0.1, 0.15) is 25.1 Å². The lowest BCUT2D eigenvalue weighted by atomic mass is 9.90. The number of hydrogen-bond donors (Lipinski definition) is 3. The number of esters is 2. The van der Waals surface area contributed by atoms with Gasteiger partial charge in [0.05, 0.1) is 12.2 Å². The molecule has 1 aliphatic carbocycles. The Balaban J connectivity index is 2.06. The summed E-state index contributed by atoms with van der Waals surface area (Å²) >= 11 is 0. The Morgan fingerprint density at radius 3 is 1.96 bits per heavy atom. The standard InChI is InChI=1S/C40H70O8/c1-4-6-17-23-33(41)27-28-36-35(37(43)29-38(36)44)24-19-15-16-21-26-40(46)48-31-34(42)30-47-39(45)25-20-14-12-10-8-7-9-11-13-18-22-32(3)5-2/h15,19,27-28,32-37,41-43H,4-14,16-18,20-26,29-31H2,1-3H3/b19-15-,28-27+/t32?,33-,34+,35+,36+,37-/m0/s1. The van der Waals surface area contributed by atoms with Crippen LogP contribution in [0, 0.1) is 17.8 Å². The number of Topliss-reactive ketones (excluding diaryl/α,β-unsaturated/α-hetero) is 1. The van der Waals surface area contributed by atoms with Crippen LogP contribution >= 0.6 is 0 Å². The predicted octanol–water partition coefficient (Wildman–Crippen LogP) is 8.34. The van der Waals surface area contributed by atoms with Gasteiger partial charge in [0.25, 0.3) is 0 Å². The van der Waals surface area contributed by atoms with Gasteiger partial charge < -0.3 is 24.8 Å². The number of allylic oxidation sites excluding steroid dienone is 3. The Morgan fingerprint density at radius 1 is 0.792 bits per heavy atom. The van der Waals surface area contributed by atoms with E-state index in [9.17, 15) is 29.7 Å². The molecule has 1 fully saturated rings. The molecule has 48 heavy (non-hydrogen) atoms. The first kappa shape index (κ1) is 44.0. The van der Waals surface area contributed by atoms with Gasteiger partial charge in [-0.2, -0.15) is 0 Å². The number of carbonyl (C=O) groups is 3. The van der Waals surface area contributed by atoms with Crippen LogP contribution in [-0.2, 0) is 23.9 Å². The van der Waals surface area contributed by atoms with Crippen molar-refractivity contribution in [3.8, 4) is 0 Å². The van der Waals surface area contributed by atoms with Gasteiger partial charge in [-0.05, 0) is 38.0 Å². The van der Waals surface area contributed by atoms with Gasteiger partial charge in [0, 0.05) is 31.1 Å². The third-order valence-electron chi connectivity index (χ3n) is 9.61. The second-order valence-electron chi connectivity index (χ2n) is 14.1. The molecule has 0 aromatic rings. The Bertz CT molecular complexity index is 900. The molecule has 0 amide bonds. The molecule has 278 valence electrons. The molecule has 0 aromatic carbocycles. The Kier molecular flexibility index (Phi) is 26.4. The quantitative estimate of drug-likeness (QED) is 0.0393. The monoisotopic (exact) mass is 679 g/mol. The van der Waals surface area contributed by atoms with E-state index in [2.05, 4.69) is 20.8 Å². The maximum atomic E-state index is 12.4. The van der Waals surface area contributed by atoms with E-state index in [-0.39, 0.29) is 43.7 Å². The van der Waals surface area contributed by atoms with Crippen molar-refractivity contribution >= 4 is 17.7 Å². The van der Waals surface area contributed by atoms with Gasteiger partial charge in [-0.1, -0.05) is 135 Å². The average molecular weight is 679 g/mol. The highest BCUT2D eigenvalue weighted by molar-refractivity contribution is 5.86. The van der Waals surface area contributed by atoms with Crippen LogP contribution in [-0.4, -0.2) is 64.6 Å². The predicted molar refractivity (Wildman–Crippen MR) is 192 cm³/mol.